The summed E-state index contributed by atoms with van der Waals surface area (Å²) in [5.74, 6) is -0.361. The van der Waals surface area contributed by atoms with Crippen molar-refractivity contribution in [1.82, 2.24) is 15.2 Å². The van der Waals surface area contributed by atoms with Crippen LogP contribution in [0.1, 0.15) is 66.3 Å². The van der Waals surface area contributed by atoms with Gasteiger partial charge in [0, 0.05) is 42.4 Å². The molecule has 2 aromatic carbocycles. The van der Waals surface area contributed by atoms with E-state index >= 15 is 0 Å². The lowest BCUT2D eigenvalue weighted by Gasteiger charge is -2.23. The normalized spacial score (nSPS) is 12.3. The van der Waals surface area contributed by atoms with Crippen LogP contribution >= 0.6 is 0 Å². The Hall–Kier alpha value is -4.00. The van der Waals surface area contributed by atoms with E-state index in [1.165, 1.54) is 0 Å². The minimum absolute atomic E-state index is 0.0657. The topological polar surface area (TPSA) is 91.4 Å². The number of nitrogens with zero attached hydrogens (tertiary/aromatic N) is 2. The number of carbonyl (C=O) groups is 3. The maximum Gasteiger partial charge on any atom is 0.253 e. The monoisotopic (exact) mass is 514 g/mol. The number of benzene rings is 2. The van der Waals surface area contributed by atoms with Crippen LogP contribution in [0.3, 0.4) is 0 Å². The number of hydrogen-bond acceptors (Lipinski definition) is 4. The van der Waals surface area contributed by atoms with Gasteiger partial charge in [0.05, 0.1) is 0 Å². The van der Waals surface area contributed by atoms with Gasteiger partial charge in [-0.15, -0.1) is 0 Å². The van der Waals surface area contributed by atoms with Crippen LogP contribution in [0, 0.1) is 5.92 Å². The Balaban J connectivity index is 1.74. The Morgan fingerprint density at radius 2 is 1.55 bits per heavy atom. The number of rotatable bonds is 13. The van der Waals surface area contributed by atoms with Gasteiger partial charge in [-0.1, -0.05) is 63.2 Å². The molecule has 0 aliphatic rings. The van der Waals surface area contributed by atoms with Gasteiger partial charge in [0.15, 0.2) is 0 Å². The fourth-order valence-electron chi connectivity index (χ4n) is 4.41. The van der Waals surface area contributed by atoms with Gasteiger partial charge in [-0.25, -0.2) is 4.98 Å². The zero-order valence-electron chi connectivity index (χ0n) is 22.5. The molecule has 1 unspecified atom stereocenters. The van der Waals surface area contributed by atoms with Gasteiger partial charge in [0.2, 0.25) is 5.91 Å². The Morgan fingerprint density at radius 3 is 2.21 bits per heavy atom. The predicted octanol–water partition coefficient (Wildman–Crippen LogP) is 5.35. The van der Waals surface area contributed by atoms with Crippen molar-refractivity contribution in [2.24, 2.45) is 5.92 Å². The van der Waals surface area contributed by atoms with Gasteiger partial charge in [-0.05, 0) is 61.6 Å². The molecule has 0 saturated heterocycles. The summed E-state index contributed by atoms with van der Waals surface area (Å²) in [5.41, 5.74) is 1.99. The van der Waals surface area contributed by atoms with E-state index in [1.807, 2.05) is 62.1 Å². The number of nitrogens with one attached hydrogen (secondary N) is 2. The van der Waals surface area contributed by atoms with Crippen LogP contribution in [0.25, 0.3) is 0 Å². The molecule has 0 spiro atoms. The predicted molar refractivity (Wildman–Crippen MR) is 151 cm³/mol. The van der Waals surface area contributed by atoms with Crippen molar-refractivity contribution < 1.29 is 14.4 Å². The molecule has 0 bridgehead atoms. The third kappa shape index (κ3) is 8.54. The van der Waals surface area contributed by atoms with Crippen LogP contribution in [0.4, 0.5) is 5.82 Å². The highest BCUT2D eigenvalue weighted by Crippen LogP contribution is 2.16. The van der Waals surface area contributed by atoms with Crippen LogP contribution in [0.5, 0.6) is 0 Å². The molecule has 1 heterocycles. The van der Waals surface area contributed by atoms with Crippen molar-refractivity contribution in [1.29, 1.82) is 0 Å². The molecule has 7 nitrogen and oxygen atoms in total. The molecule has 3 amide bonds. The van der Waals surface area contributed by atoms with E-state index in [1.54, 1.807) is 42.6 Å². The molecule has 3 aromatic rings. The highest BCUT2D eigenvalue weighted by Gasteiger charge is 2.23. The van der Waals surface area contributed by atoms with Crippen molar-refractivity contribution in [2.45, 2.75) is 52.5 Å². The van der Waals surface area contributed by atoms with E-state index < -0.39 is 0 Å². The summed E-state index contributed by atoms with van der Waals surface area (Å²) in [4.78, 5) is 45.2. The van der Waals surface area contributed by atoms with Crippen LogP contribution in [0.2, 0.25) is 0 Å². The quantitative estimate of drug-likeness (QED) is 0.322. The molecule has 38 heavy (non-hydrogen) atoms. The summed E-state index contributed by atoms with van der Waals surface area (Å²) < 4.78 is 0. The van der Waals surface area contributed by atoms with E-state index in [0.717, 1.165) is 18.4 Å². The Morgan fingerprint density at radius 1 is 0.868 bits per heavy atom. The standard InChI is InChI=1S/C31H38N4O3/c1-4-18-35(19-5-2)31(38)26-15-11-14-25(22-26)30(37)33-27(21-24-12-7-6-8-13-24)20-23(3)29(36)34-28-16-9-10-17-32-28/h6-17,22-23,27H,4-5,18-21H2,1-3H3,(H,33,37)(H,32,34,36)/t23?,27-/m1/s1. The average molecular weight is 515 g/mol. The van der Waals surface area contributed by atoms with Gasteiger partial charge < -0.3 is 15.5 Å². The van der Waals surface area contributed by atoms with E-state index in [0.29, 0.717) is 42.9 Å². The number of anilines is 1. The van der Waals surface area contributed by atoms with Gasteiger partial charge in [0.25, 0.3) is 11.8 Å². The lowest BCUT2D eigenvalue weighted by Crippen LogP contribution is -2.39. The number of aromatic nitrogens is 1. The van der Waals surface area contributed by atoms with Gasteiger partial charge in [0.1, 0.15) is 5.82 Å². The van der Waals surface area contributed by atoms with E-state index in [2.05, 4.69) is 15.6 Å². The maximum absolute atomic E-state index is 13.3. The fraction of sp³-hybridized carbons (Fsp3) is 0.355. The van der Waals surface area contributed by atoms with Crippen molar-refractivity contribution in [3.05, 3.63) is 95.7 Å². The van der Waals surface area contributed by atoms with Crippen LogP contribution in [-0.4, -0.2) is 46.7 Å². The Labute approximate surface area is 225 Å². The molecule has 7 heteroatoms. The average Bonchev–Trinajstić information content (AvgIpc) is 2.93. The summed E-state index contributed by atoms with van der Waals surface area (Å²) in [7, 11) is 0. The van der Waals surface area contributed by atoms with Crippen LogP contribution in [0.15, 0.2) is 79.0 Å². The summed E-state index contributed by atoms with van der Waals surface area (Å²) in [6, 6.07) is 21.8. The molecular weight excluding hydrogens is 476 g/mol. The molecule has 2 N–H and O–H groups in total. The van der Waals surface area contributed by atoms with E-state index in [4.69, 9.17) is 0 Å². The third-order valence-electron chi connectivity index (χ3n) is 6.31. The van der Waals surface area contributed by atoms with E-state index in [9.17, 15) is 14.4 Å². The smallest absolute Gasteiger partial charge is 0.253 e. The van der Waals surface area contributed by atoms with Crippen molar-refractivity contribution in [3.8, 4) is 0 Å². The molecule has 3 rings (SSSR count). The van der Waals surface area contributed by atoms with Gasteiger partial charge in [-0.3, -0.25) is 14.4 Å². The zero-order chi connectivity index (χ0) is 27.3. The number of amides is 3. The molecular formula is C31H38N4O3. The molecule has 2 atom stereocenters. The first kappa shape index (κ1) is 28.6. The van der Waals surface area contributed by atoms with Crippen molar-refractivity contribution in [2.75, 3.05) is 18.4 Å². The highest BCUT2D eigenvalue weighted by atomic mass is 16.2. The second-order valence-electron chi connectivity index (χ2n) is 9.57. The Bertz CT molecular complexity index is 1180. The largest absolute Gasteiger partial charge is 0.349 e. The van der Waals surface area contributed by atoms with Crippen molar-refractivity contribution >= 4 is 23.5 Å². The number of hydrogen-bond donors (Lipinski definition) is 2. The minimum Gasteiger partial charge on any atom is -0.349 e. The van der Waals surface area contributed by atoms with Gasteiger partial charge in [-0.2, -0.15) is 0 Å². The van der Waals surface area contributed by atoms with Crippen LogP contribution in [-0.2, 0) is 11.2 Å². The summed E-state index contributed by atoms with van der Waals surface area (Å²) in [6.07, 6.45) is 4.39. The molecule has 0 saturated carbocycles. The molecule has 200 valence electrons. The molecule has 1 aromatic heterocycles. The van der Waals surface area contributed by atoms with E-state index in [-0.39, 0.29) is 29.7 Å². The maximum atomic E-state index is 13.3. The summed E-state index contributed by atoms with van der Waals surface area (Å²) >= 11 is 0. The lowest BCUT2D eigenvalue weighted by atomic mass is 9.95. The first-order chi connectivity index (χ1) is 18.4. The molecule has 0 radical (unpaired) electrons. The first-order valence-electron chi connectivity index (χ1n) is 13.4. The van der Waals surface area contributed by atoms with Crippen LogP contribution < -0.4 is 10.6 Å². The highest BCUT2D eigenvalue weighted by molar-refractivity contribution is 6.00. The fourth-order valence-corrected chi connectivity index (χ4v) is 4.41. The summed E-state index contributed by atoms with van der Waals surface area (Å²) in [5, 5.41) is 5.96. The second kappa shape index (κ2) is 14.7. The molecule has 0 fully saturated rings. The minimum atomic E-state index is -0.365. The Kier molecular flexibility index (Phi) is 11.0. The number of carbonyl (C=O) groups excluding carboxylic acids is 3. The molecule has 0 aliphatic carbocycles. The zero-order valence-corrected chi connectivity index (χ0v) is 22.5. The van der Waals surface area contributed by atoms with Gasteiger partial charge >= 0.3 is 0 Å². The SMILES string of the molecule is CCCN(CCC)C(=O)c1cccc(C(=O)N[C@@H](Cc2ccccc2)CC(C)C(=O)Nc2ccccn2)c1. The number of pyridine rings is 1. The van der Waals surface area contributed by atoms with Crippen molar-refractivity contribution in [3.63, 3.8) is 0 Å². The first-order valence-corrected chi connectivity index (χ1v) is 13.4. The summed E-state index contributed by atoms with van der Waals surface area (Å²) in [6.45, 7) is 7.30. The lowest BCUT2D eigenvalue weighted by molar-refractivity contribution is -0.119. The second-order valence-corrected chi connectivity index (χ2v) is 9.57. The molecule has 0 aliphatic heterocycles. The third-order valence-corrected chi connectivity index (χ3v) is 6.31.